The van der Waals surface area contributed by atoms with Crippen molar-refractivity contribution in [3.63, 3.8) is 0 Å². The molecule has 1 saturated heterocycles. The van der Waals surface area contributed by atoms with E-state index in [9.17, 15) is 4.79 Å². The van der Waals surface area contributed by atoms with Gasteiger partial charge in [0.1, 0.15) is 6.04 Å². The summed E-state index contributed by atoms with van der Waals surface area (Å²) in [5, 5.41) is 5.13. The zero-order valence-corrected chi connectivity index (χ0v) is 13.8. The number of nitrogens with zero attached hydrogens (tertiary/aromatic N) is 2. The molecule has 1 aliphatic rings. The fraction of sp³-hybridized carbons (Fsp3) is 0.412. The fourth-order valence-electron chi connectivity index (χ4n) is 2.76. The van der Waals surface area contributed by atoms with Gasteiger partial charge in [-0.2, -0.15) is 0 Å². The summed E-state index contributed by atoms with van der Waals surface area (Å²) in [6, 6.07) is 7.68. The molecule has 3 rings (SSSR count). The highest BCUT2D eigenvalue weighted by Crippen LogP contribution is 2.21. The predicted molar refractivity (Wildman–Crippen MR) is 90.4 cm³/mol. The molecule has 23 heavy (non-hydrogen) atoms. The standard InChI is InChI=1S/C17H21N3O2S/c21-17(19-7-5-15-4-2-12-23-15)16(14-3-1-6-18-13-14)20-8-10-22-11-9-20/h1-4,6,12-13,16H,5,7-11H2,(H,19,21)/t16-/m0/s1. The molecule has 122 valence electrons. The number of pyridine rings is 1. The van der Waals surface area contributed by atoms with E-state index in [0.29, 0.717) is 19.8 Å². The summed E-state index contributed by atoms with van der Waals surface area (Å²) in [4.78, 5) is 20.4. The Kier molecular flexibility index (Phi) is 5.74. The summed E-state index contributed by atoms with van der Waals surface area (Å²) in [5.41, 5.74) is 0.933. The molecule has 1 N–H and O–H groups in total. The van der Waals surface area contributed by atoms with Crippen LogP contribution in [0.1, 0.15) is 16.5 Å². The third kappa shape index (κ3) is 4.37. The summed E-state index contributed by atoms with van der Waals surface area (Å²) < 4.78 is 5.41. The molecule has 2 aromatic rings. The highest BCUT2D eigenvalue weighted by atomic mass is 32.1. The van der Waals surface area contributed by atoms with Gasteiger partial charge in [-0.15, -0.1) is 11.3 Å². The van der Waals surface area contributed by atoms with Gasteiger partial charge in [-0.3, -0.25) is 14.7 Å². The molecule has 5 nitrogen and oxygen atoms in total. The van der Waals surface area contributed by atoms with Gasteiger partial charge >= 0.3 is 0 Å². The first-order valence-corrected chi connectivity index (χ1v) is 8.74. The maximum absolute atomic E-state index is 12.8. The molecule has 2 aromatic heterocycles. The van der Waals surface area contributed by atoms with Crippen LogP contribution in [0, 0.1) is 0 Å². The largest absolute Gasteiger partial charge is 0.379 e. The Hall–Kier alpha value is -1.76. The Bertz CT molecular complexity index is 598. The monoisotopic (exact) mass is 331 g/mol. The van der Waals surface area contributed by atoms with Crippen molar-refractivity contribution < 1.29 is 9.53 Å². The molecule has 0 aromatic carbocycles. The third-order valence-electron chi connectivity index (χ3n) is 3.91. The molecular weight excluding hydrogens is 310 g/mol. The Morgan fingerprint density at radius 1 is 1.35 bits per heavy atom. The first-order chi connectivity index (χ1) is 11.3. The summed E-state index contributed by atoms with van der Waals surface area (Å²) in [6.45, 7) is 3.51. The van der Waals surface area contributed by atoms with E-state index in [4.69, 9.17) is 4.74 Å². The van der Waals surface area contributed by atoms with E-state index < -0.39 is 0 Å². The van der Waals surface area contributed by atoms with Gasteiger partial charge in [0.05, 0.1) is 13.2 Å². The number of carbonyl (C=O) groups excluding carboxylic acids is 1. The molecule has 0 unspecified atom stereocenters. The van der Waals surface area contributed by atoms with Crippen LogP contribution in [0.2, 0.25) is 0 Å². The zero-order chi connectivity index (χ0) is 15.9. The Morgan fingerprint density at radius 3 is 2.91 bits per heavy atom. The van der Waals surface area contributed by atoms with E-state index in [1.165, 1.54) is 4.88 Å². The summed E-state index contributed by atoms with van der Waals surface area (Å²) in [5.74, 6) is 0.0384. The van der Waals surface area contributed by atoms with Crippen LogP contribution in [0.15, 0.2) is 42.0 Å². The van der Waals surface area contributed by atoms with E-state index in [0.717, 1.165) is 25.1 Å². The zero-order valence-electron chi connectivity index (χ0n) is 13.0. The van der Waals surface area contributed by atoms with Crippen molar-refractivity contribution in [1.82, 2.24) is 15.2 Å². The lowest BCUT2D eigenvalue weighted by molar-refractivity contribution is -0.128. The number of ether oxygens (including phenoxy) is 1. The van der Waals surface area contributed by atoms with Crippen molar-refractivity contribution in [2.45, 2.75) is 12.5 Å². The van der Waals surface area contributed by atoms with Crippen molar-refractivity contribution >= 4 is 17.2 Å². The minimum atomic E-state index is -0.295. The van der Waals surface area contributed by atoms with Crippen molar-refractivity contribution in [3.8, 4) is 0 Å². The van der Waals surface area contributed by atoms with Gasteiger partial charge in [0.2, 0.25) is 5.91 Å². The Morgan fingerprint density at radius 2 is 2.22 bits per heavy atom. The van der Waals surface area contributed by atoms with E-state index >= 15 is 0 Å². The second-order valence-corrected chi connectivity index (χ2v) is 6.49. The Labute approximate surface area is 140 Å². The van der Waals surface area contributed by atoms with Crippen molar-refractivity contribution in [2.75, 3.05) is 32.8 Å². The molecule has 0 aliphatic carbocycles. The van der Waals surface area contributed by atoms with Crippen LogP contribution in [-0.2, 0) is 16.0 Å². The number of amides is 1. The maximum Gasteiger partial charge on any atom is 0.242 e. The van der Waals surface area contributed by atoms with Gasteiger partial charge < -0.3 is 10.1 Å². The average Bonchev–Trinajstić information content (AvgIpc) is 3.10. The summed E-state index contributed by atoms with van der Waals surface area (Å²) >= 11 is 1.72. The molecule has 6 heteroatoms. The number of carbonyl (C=O) groups is 1. The van der Waals surface area contributed by atoms with Crippen molar-refractivity contribution in [2.24, 2.45) is 0 Å². The number of rotatable bonds is 6. The number of morpholine rings is 1. The van der Waals surface area contributed by atoms with Gasteiger partial charge in [-0.1, -0.05) is 12.1 Å². The lowest BCUT2D eigenvalue weighted by Crippen LogP contribution is -2.46. The van der Waals surface area contributed by atoms with E-state index in [1.54, 1.807) is 23.7 Å². The quantitative estimate of drug-likeness (QED) is 0.878. The molecule has 1 amide bonds. The topological polar surface area (TPSA) is 54.5 Å². The summed E-state index contributed by atoms with van der Waals surface area (Å²) in [7, 11) is 0. The molecule has 0 saturated carbocycles. The van der Waals surface area contributed by atoms with Gasteiger partial charge in [-0.05, 0) is 29.5 Å². The average molecular weight is 331 g/mol. The SMILES string of the molecule is O=C(NCCc1cccs1)[C@H](c1cccnc1)N1CCOCC1. The van der Waals surface area contributed by atoms with Gasteiger partial charge in [0, 0.05) is 36.9 Å². The number of aromatic nitrogens is 1. The van der Waals surface area contributed by atoms with Crippen LogP contribution >= 0.6 is 11.3 Å². The molecule has 3 heterocycles. The van der Waals surface area contributed by atoms with Crippen molar-refractivity contribution in [3.05, 3.63) is 52.5 Å². The second kappa shape index (κ2) is 8.19. The maximum atomic E-state index is 12.8. The molecule has 1 atom stereocenters. The fourth-order valence-corrected chi connectivity index (χ4v) is 3.47. The van der Waals surface area contributed by atoms with Crippen LogP contribution in [0.4, 0.5) is 0 Å². The number of hydrogen-bond donors (Lipinski definition) is 1. The number of thiophene rings is 1. The normalized spacial score (nSPS) is 16.9. The lowest BCUT2D eigenvalue weighted by atomic mass is 10.1. The van der Waals surface area contributed by atoms with E-state index in [2.05, 4.69) is 26.6 Å². The molecule has 1 aliphatic heterocycles. The van der Waals surface area contributed by atoms with Gasteiger partial charge in [0.25, 0.3) is 0 Å². The lowest BCUT2D eigenvalue weighted by Gasteiger charge is -2.33. The van der Waals surface area contributed by atoms with Gasteiger partial charge in [-0.25, -0.2) is 0 Å². The van der Waals surface area contributed by atoms with Gasteiger partial charge in [0.15, 0.2) is 0 Å². The van der Waals surface area contributed by atoms with Crippen LogP contribution < -0.4 is 5.32 Å². The highest BCUT2D eigenvalue weighted by Gasteiger charge is 2.28. The second-order valence-electron chi connectivity index (χ2n) is 5.46. The molecule has 0 bridgehead atoms. The minimum absolute atomic E-state index is 0.0384. The van der Waals surface area contributed by atoms with Crippen LogP contribution in [0.25, 0.3) is 0 Å². The van der Waals surface area contributed by atoms with Crippen LogP contribution in [-0.4, -0.2) is 48.6 Å². The molecule has 1 fully saturated rings. The summed E-state index contributed by atoms with van der Waals surface area (Å²) in [6.07, 6.45) is 4.37. The van der Waals surface area contributed by atoms with E-state index in [1.807, 2.05) is 18.2 Å². The Balaban J connectivity index is 1.65. The van der Waals surface area contributed by atoms with Crippen LogP contribution in [0.5, 0.6) is 0 Å². The molecular formula is C17H21N3O2S. The smallest absolute Gasteiger partial charge is 0.242 e. The highest BCUT2D eigenvalue weighted by molar-refractivity contribution is 7.09. The predicted octanol–water partition coefficient (Wildman–Crippen LogP) is 1.88. The minimum Gasteiger partial charge on any atom is -0.379 e. The van der Waals surface area contributed by atoms with E-state index in [-0.39, 0.29) is 11.9 Å². The number of hydrogen-bond acceptors (Lipinski definition) is 5. The first kappa shape index (κ1) is 16.1. The third-order valence-corrected chi connectivity index (χ3v) is 4.85. The molecule has 0 spiro atoms. The first-order valence-electron chi connectivity index (χ1n) is 7.86. The van der Waals surface area contributed by atoms with Crippen LogP contribution in [0.3, 0.4) is 0 Å². The molecule has 0 radical (unpaired) electrons. The number of nitrogens with one attached hydrogen (secondary N) is 1. The van der Waals surface area contributed by atoms with Crippen molar-refractivity contribution in [1.29, 1.82) is 0 Å².